The largest absolute Gasteiger partial charge is 0.495 e. The predicted octanol–water partition coefficient (Wildman–Crippen LogP) is 3.99. The lowest BCUT2D eigenvalue weighted by atomic mass is 10.1. The third-order valence-corrected chi connectivity index (χ3v) is 2.58. The van der Waals surface area contributed by atoms with E-state index in [9.17, 15) is 18.0 Å². The van der Waals surface area contributed by atoms with E-state index in [0.717, 1.165) is 19.3 Å². The molecule has 0 aliphatic rings. The highest BCUT2D eigenvalue weighted by Gasteiger charge is 2.38. The van der Waals surface area contributed by atoms with Gasteiger partial charge in [-0.05, 0) is 0 Å². The number of halogens is 5. The SMILES string of the molecule is COc1cc(N=C=O)c(Cl)c(C(F)(F)F)c1Cl. The molecule has 0 saturated carbocycles. The molecular formula is C9H4Cl2F3NO2. The quantitative estimate of drug-likeness (QED) is 0.609. The Labute approximate surface area is 104 Å². The average Bonchev–Trinajstić information content (AvgIpc) is 2.20. The molecule has 0 saturated heterocycles. The Morgan fingerprint density at radius 3 is 2.35 bits per heavy atom. The number of nitrogens with zero attached hydrogens (tertiary/aromatic N) is 1. The van der Waals surface area contributed by atoms with E-state index in [2.05, 4.69) is 9.73 Å². The molecule has 17 heavy (non-hydrogen) atoms. The van der Waals surface area contributed by atoms with Gasteiger partial charge < -0.3 is 4.74 Å². The van der Waals surface area contributed by atoms with Gasteiger partial charge in [0.25, 0.3) is 0 Å². The van der Waals surface area contributed by atoms with Crippen LogP contribution in [0.5, 0.6) is 5.75 Å². The number of methoxy groups -OCH3 is 1. The number of ether oxygens (including phenoxy) is 1. The summed E-state index contributed by atoms with van der Waals surface area (Å²) < 4.78 is 42.7. The number of hydrogen-bond acceptors (Lipinski definition) is 3. The minimum atomic E-state index is -4.78. The zero-order chi connectivity index (χ0) is 13.2. The topological polar surface area (TPSA) is 38.7 Å². The first kappa shape index (κ1) is 13.8. The molecule has 0 unspecified atom stereocenters. The van der Waals surface area contributed by atoms with Crippen molar-refractivity contribution in [1.29, 1.82) is 0 Å². The Kier molecular flexibility index (Phi) is 4.03. The molecule has 0 fully saturated rings. The Bertz CT molecular complexity index is 496. The molecule has 0 aliphatic heterocycles. The molecule has 1 aromatic carbocycles. The predicted molar refractivity (Wildman–Crippen MR) is 55.8 cm³/mol. The summed E-state index contributed by atoms with van der Waals surface area (Å²) in [6, 6.07) is 1.02. The number of benzene rings is 1. The van der Waals surface area contributed by atoms with Crippen LogP contribution in [0.4, 0.5) is 18.9 Å². The number of carbonyl (C=O) groups excluding carboxylic acids is 1. The van der Waals surface area contributed by atoms with Crippen LogP contribution in [0.25, 0.3) is 0 Å². The van der Waals surface area contributed by atoms with E-state index < -0.39 is 27.5 Å². The number of aliphatic imine (C=N–C) groups is 1. The van der Waals surface area contributed by atoms with Crippen LogP contribution >= 0.6 is 23.2 Å². The van der Waals surface area contributed by atoms with E-state index >= 15 is 0 Å². The average molecular weight is 286 g/mol. The molecule has 0 atom stereocenters. The molecule has 0 aromatic heterocycles. The monoisotopic (exact) mass is 285 g/mol. The second-order valence-electron chi connectivity index (χ2n) is 2.80. The summed E-state index contributed by atoms with van der Waals surface area (Å²) in [5.74, 6) is -0.280. The molecule has 0 spiro atoms. The molecule has 92 valence electrons. The lowest BCUT2D eigenvalue weighted by Crippen LogP contribution is -2.08. The fourth-order valence-corrected chi connectivity index (χ4v) is 1.81. The number of rotatable bonds is 2. The van der Waals surface area contributed by atoms with Crippen molar-refractivity contribution in [1.82, 2.24) is 0 Å². The molecule has 3 nitrogen and oxygen atoms in total. The summed E-state index contributed by atoms with van der Waals surface area (Å²) in [5.41, 5.74) is -1.70. The van der Waals surface area contributed by atoms with E-state index in [1.54, 1.807) is 0 Å². The van der Waals surface area contributed by atoms with Gasteiger partial charge in [0.15, 0.2) is 0 Å². The Morgan fingerprint density at radius 1 is 1.35 bits per heavy atom. The molecule has 1 rings (SSSR count). The maximum atomic E-state index is 12.7. The molecule has 0 amide bonds. The lowest BCUT2D eigenvalue weighted by Gasteiger charge is -2.14. The van der Waals surface area contributed by atoms with E-state index in [1.165, 1.54) is 0 Å². The standard InChI is InChI=1S/C9H4Cl2F3NO2/c1-17-5-2-4(15-3-16)7(10)6(8(5)11)9(12,13)14/h2H,1H3. The summed E-state index contributed by atoms with van der Waals surface area (Å²) in [4.78, 5) is 13.1. The molecular weight excluding hydrogens is 282 g/mol. The number of hydrogen-bond donors (Lipinski definition) is 0. The molecule has 1 aromatic rings. The Morgan fingerprint density at radius 2 is 1.94 bits per heavy atom. The van der Waals surface area contributed by atoms with Gasteiger partial charge in [-0.3, -0.25) is 0 Å². The van der Waals surface area contributed by atoms with Crippen molar-refractivity contribution in [3.8, 4) is 5.75 Å². The van der Waals surface area contributed by atoms with Gasteiger partial charge in [-0.2, -0.15) is 18.2 Å². The van der Waals surface area contributed by atoms with Crippen LogP contribution in [0.3, 0.4) is 0 Å². The van der Waals surface area contributed by atoms with Gasteiger partial charge in [0.2, 0.25) is 6.08 Å². The number of isocyanates is 1. The van der Waals surface area contributed by atoms with Crippen LogP contribution in [0.15, 0.2) is 11.1 Å². The summed E-state index contributed by atoms with van der Waals surface area (Å²) in [5, 5.41) is -1.46. The Balaban J connectivity index is 3.67. The third-order valence-electron chi connectivity index (χ3n) is 1.82. The maximum Gasteiger partial charge on any atom is 0.419 e. The third kappa shape index (κ3) is 2.72. The van der Waals surface area contributed by atoms with Crippen molar-refractivity contribution in [2.24, 2.45) is 4.99 Å². The summed E-state index contributed by atoms with van der Waals surface area (Å²) in [7, 11) is 1.13. The fraction of sp³-hybridized carbons (Fsp3) is 0.222. The molecule has 0 radical (unpaired) electrons. The van der Waals surface area contributed by atoms with E-state index in [4.69, 9.17) is 23.2 Å². The second-order valence-corrected chi connectivity index (χ2v) is 3.56. The summed E-state index contributed by atoms with van der Waals surface area (Å²) in [6.45, 7) is 0. The van der Waals surface area contributed by atoms with Crippen LogP contribution in [0.1, 0.15) is 5.56 Å². The van der Waals surface area contributed by atoms with Gasteiger partial charge in [-0.15, -0.1) is 0 Å². The molecule has 0 N–H and O–H groups in total. The van der Waals surface area contributed by atoms with Crippen LogP contribution in [0, 0.1) is 0 Å². The zero-order valence-corrected chi connectivity index (χ0v) is 9.74. The molecule has 0 bridgehead atoms. The zero-order valence-electron chi connectivity index (χ0n) is 8.23. The van der Waals surface area contributed by atoms with Crippen LogP contribution < -0.4 is 4.74 Å². The summed E-state index contributed by atoms with van der Waals surface area (Å²) >= 11 is 11.0. The Hall–Kier alpha value is -1.23. The van der Waals surface area contributed by atoms with Crippen LogP contribution in [-0.2, 0) is 11.0 Å². The van der Waals surface area contributed by atoms with Gasteiger partial charge in [-0.25, -0.2) is 4.79 Å². The van der Waals surface area contributed by atoms with Gasteiger partial charge in [0.05, 0.1) is 28.4 Å². The van der Waals surface area contributed by atoms with E-state index in [0.29, 0.717) is 0 Å². The van der Waals surface area contributed by atoms with Crippen molar-refractivity contribution in [2.75, 3.05) is 7.11 Å². The normalized spacial score (nSPS) is 10.9. The lowest BCUT2D eigenvalue weighted by molar-refractivity contribution is -0.137. The van der Waals surface area contributed by atoms with E-state index in [1.807, 2.05) is 0 Å². The van der Waals surface area contributed by atoms with Crippen LogP contribution in [0.2, 0.25) is 10.0 Å². The van der Waals surface area contributed by atoms with Crippen molar-refractivity contribution < 1.29 is 22.7 Å². The molecule has 0 aliphatic carbocycles. The minimum absolute atomic E-state index is 0.280. The fourth-order valence-electron chi connectivity index (χ4n) is 1.13. The van der Waals surface area contributed by atoms with Gasteiger partial charge >= 0.3 is 6.18 Å². The highest BCUT2D eigenvalue weighted by atomic mass is 35.5. The first-order valence-corrected chi connectivity index (χ1v) is 4.79. The maximum absolute atomic E-state index is 12.7. The first-order chi connectivity index (χ1) is 7.82. The summed E-state index contributed by atoms with van der Waals surface area (Å²) in [6.07, 6.45) is -3.68. The second kappa shape index (κ2) is 4.96. The minimum Gasteiger partial charge on any atom is -0.495 e. The highest BCUT2D eigenvalue weighted by Crippen LogP contribution is 2.47. The van der Waals surface area contributed by atoms with Gasteiger partial charge in [0, 0.05) is 6.07 Å². The van der Waals surface area contributed by atoms with Crippen molar-refractivity contribution in [3.63, 3.8) is 0 Å². The van der Waals surface area contributed by atoms with Crippen molar-refractivity contribution in [3.05, 3.63) is 21.7 Å². The number of alkyl halides is 3. The van der Waals surface area contributed by atoms with Gasteiger partial charge in [0.1, 0.15) is 5.75 Å². The highest BCUT2D eigenvalue weighted by molar-refractivity contribution is 6.38. The van der Waals surface area contributed by atoms with E-state index in [-0.39, 0.29) is 5.75 Å². The molecule has 0 heterocycles. The van der Waals surface area contributed by atoms with Crippen molar-refractivity contribution in [2.45, 2.75) is 6.18 Å². The van der Waals surface area contributed by atoms with Gasteiger partial charge in [-0.1, -0.05) is 23.2 Å². The van der Waals surface area contributed by atoms with Crippen LogP contribution in [-0.4, -0.2) is 13.2 Å². The smallest absolute Gasteiger partial charge is 0.419 e. The van der Waals surface area contributed by atoms with Crippen molar-refractivity contribution >= 4 is 35.0 Å². The molecule has 8 heteroatoms. The first-order valence-electron chi connectivity index (χ1n) is 4.04.